The molecule has 0 aromatic heterocycles. The monoisotopic (exact) mass is 292 g/mol. The molecule has 1 atom stereocenters. The lowest BCUT2D eigenvalue weighted by atomic mass is 10.0. The summed E-state index contributed by atoms with van der Waals surface area (Å²) in [4.78, 5) is 22.9. The summed E-state index contributed by atoms with van der Waals surface area (Å²) in [5, 5.41) is 14.8. The van der Waals surface area contributed by atoms with Crippen LogP contribution in [0.4, 0.5) is 5.69 Å². The predicted molar refractivity (Wildman–Crippen MR) is 83.3 cm³/mol. The van der Waals surface area contributed by atoms with Crippen LogP contribution >= 0.6 is 0 Å². The number of hydrogen-bond donors (Lipinski definition) is 3. The second-order valence-electron chi connectivity index (χ2n) is 5.58. The summed E-state index contributed by atoms with van der Waals surface area (Å²) in [6, 6.07) is 7.02. The smallest absolute Gasteiger partial charge is 0.326 e. The normalized spacial score (nSPS) is 12.0. The average molecular weight is 292 g/mol. The highest BCUT2D eigenvalue weighted by atomic mass is 16.4. The molecule has 5 heteroatoms. The molecule has 1 rings (SSSR count). The van der Waals surface area contributed by atoms with E-state index in [4.69, 9.17) is 5.11 Å². The Morgan fingerprint density at radius 3 is 2.48 bits per heavy atom. The number of anilines is 1. The van der Waals surface area contributed by atoms with Crippen molar-refractivity contribution in [1.29, 1.82) is 0 Å². The van der Waals surface area contributed by atoms with Gasteiger partial charge in [0.05, 0.1) is 0 Å². The first kappa shape index (κ1) is 17.0. The summed E-state index contributed by atoms with van der Waals surface area (Å²) in [5.41, 5.74) is 2.10. The van der Waals surface area contributed by atoms with Crippen LogP contribution in [0, 0.1) is 12.8 Å². The fourth-order valence-electron chi connectivity index (χ4n) is 2.04. The van der Waals surface area contributed by atoms with Gasteiger partial charge in [0.2, 0.25) is 5.91 Å². The number of para-hydroxylation sites is 1. The quantitative estimate of drug-likeness (QED) is 0.687. The zero-order valence-corrected chi connectivity index (χ0v) is 12.8. The van der Waals surface area contributed by atoms with E-state index in [9.17, 15) is 9.59 Å². The first-order chi connectivity index (χ1) is 9.90. The van der Waals surface area contributed by atoms with Gasteiger partial charge in [-0.15, -0.1) is 0 Å². The molecule has 0 radical (unpaired) electrons. The third-order valence-electron chi connectivity index (χ3n) is 3.15. The molecule has 1 amide bonds. The fraction of sp³-hybridized carbons (Fsp3) is 0.500. The highest BCUT2D eigenvalue weighted by Crippen LogP contribution is 2.12. The summed E-state index contributed by atoms with van der Waals surface area (Å²) in [6.45, 7) is 6.33. The minimum absolute atomic E-state index is 0.219. The van der Waals surface area contributed by atoms with E-state index in [1.165, 1.54) is 0 Å². The van der Waals surface area contributed by atoms with Crippen LogP contribution < -0.4 is 10.6 Å². The van der Waals surface area contributed by atoms with Gasteiger partial charge in [-0.3, -0.25) is 4.79 Å². The van der Waals surface area contributed by atoms with Crippen molar-refractivity contribution in [3.63, 3.8) is 0 Å². The lowest BCUT2D eigenvalue weighted by Crippen LogP contribution is -2.42. The van der Waals surface area contributed by atoms with Crippen molar-refractivity contribution in [3.05, 3.63) is 29.8 Å². The molecule has 0 heterocycles. The molecular weight excluding hydrogens is 268 g/mol. The molecular formula is C16H24N2O3. The maximum absolute atomic E-state index is 11.8. The van der Waals surface area contributed by atoms with E-state index in [1.807, 2.05) is 45.0 Å². The molecule has 3 N–H and O–H groups in total. The summed E-state index contributed by atoms with van der Waals surface area (Å²) in [7, 11) is 0. The molecule has 0 bridgehead atoms. The number of amides is 1. The van der Waals surface area contributed by atoms with Crippen LogP contribution in [0.5, 0.6) is 0 Å². The molecule has 1 aromatic carbocycles. The molecule has 21 heavy (non-hydrogen) atoms. The number of carbonyl (C=O) groups is 2. The molecule has 1 aromatic rings. The lowest BCUT2D eigenvalue weighted by molar-refractivity contribution is -0.142. The number of hydrogen-bond acceptors (Lipinski definition) is 3. The summed E-state index contributed by atoms with van der Waals surface area (Å²) in [6.07, 6.45) is 0.683. The zero-order chi connectivity index (χ0) is 15.8. The summed E-state index contributed by atoms with van der Waals surface area (Å²) in [5.74, 6) is -1.01. The van der Waals surface area contributed by atoms with Crippen LogP contribution in [0.1, 0.15) is 32.3 Å². The van der Waals surface area contributed by atoms with Gasteiger partial charge in [-0.2, -0.15) is 0 Å². The summed E-state index contributed by atoms with van der Waals surface area (Å²) < 4.78 is 0. The predicted octanol–water partition coefficient (Wildman–Crippen LogP) is 2.41. The van der Waals surface area contributed by atoms with E-state index < -0.39 is 12.0 Å². The Hall–Kier alpha value is -2.04. The van der Waals surface area contributed by atoms with Gasteiger partial charge in [0.25, 0.3) is 0 Å². The number of carboxylic acids is 1. The Morgan fingerprint density at radius 1 is 1.24 bits per heavy atom. The first-order valence-corrected chi connectivity index (χ1v) is 7.21. The molecule has 0 fully saturated rings. The van der Waals surface area contributed by atoms with E-state index in [0.29, 0.717) is 13.0 Å². The molecule has 0 aliphatic rings. The number of aliphatic carboxylic acids is 1. The van der Waals surface area contributed by atoms with Crippen molar-refractivity contribution in [3.8, 4) is 0 Å². The third kappa shape index (κ3) is 6.29. The minimum Gasteiger partial charge on any atom is -0.480 e. The first-order valence-electron chi connectivity index (χ1n) is 7.21. The molecule has 0 spiro atoms. The maximum Gasteiger partial charge on any atom is 0.326 e. The Morgan fingerprint density at radius 2 is 1.90 bits per heavy atom. The van der Waals surface area contributed by atoms with Gasteiger partial charge in [-0.1, -0.05) is 32.0 Å². The van der Waals surface area contributed by atoms with Crippen molar-refractivity contribution in [2.24, 2.45) is 5.92 Å². The fourth-order valence-corrected chi connectivity index (χ4v) is 2.04. The van der Waals surface area contributed by atoms with Crippen LogP contribution in [0.15, 0.2) is 24.3 Å². The topological polar surface area (TPSA) is 78.4 Å². The number of aryl methyl sites for hydroxylation is 1. The van der Waals surface area contributed by atoms with Crippen molar-refractivity contribution in [2.75, 3.05) is 11.9 Å². The number of benzene rings is 1. The SMILES string of the molecule is Cc1ccccc1NCCC(=O)NC(CC(C)C)C(=O)O. The van der Waals surface area contributed by atoms with Crippen LogP contribution in [0.25, 0.3) is 0 Å². The van der Waals surface area contributed by atoms with E-state index in [-0.39, 0.29) is 18.2 Å². The minimum atomic E-state index is -0.982. The van der Waals surface area contributed by atoms with Crippen LogP contribution in [0.2, 0.25) is 0 Å². The number of carbonyl (C=O) groups excluding carboxylic acids is 1. The number of nitrogens with one attached hydrogen (secondary N) is 2. The van der Waals surface area contributed by atoms with E-state index >= 15 is 0 Å². The van der Waals surface area contributed by atoms with Crippen molar-refractivity contribution in [2.45, 2.75) is 39.7 Å². The van der Waals surface area contributed by atoms with E-state index in [1.54, 1.807) is 0 Å². The maximum atomic E-state index is 11.8. The Kier molecular flexibility index (Phi) is 6.72. The standard InChI is InChI=1S/C16H24N2O3/c1-11(2)10-14(16(20)21)18-15(19)8-9-17-13-7-5-4-6-12(13)3/h4-7,11,14,17H,8-10H2,1-3H3,(H,18,19)(H,20,21). The zero-order valence-electron chi connectivity index (χ0n) is 12.8. The van der Waals surface area contributed by atoms with Gasteiger partial charge in [0.1, 0.15) is 6.04 Å². The molecule has 0 aliphatic carbocycles. The van der Waals surface area contributed by atoms with Gasteiger partial charge in [-0.05, 0) is 30.9 Å². The van der Waals surface area contributed by atoms with Crippen LogP contribution in [-0.2, 0) is 9.59 Å². The van der Waals surface area contributed by atoms with Crippen molar-refractivity contribution >= 4 is 17.6 Å². The van der Waals surface area contributed by atoms with Gasteiger partial charge >= 0.3 is 5.97 Å². The van der Waals surface area contributed by atoms with Gasteiger partial charge in [0.15, 0.2) is 0 Å². The largest absolute Gasteiger partial charge is 0.480 e. The van der Waals surface area contributed by atoms with E-state index in [0.717, 1.165) is 11.3 Å². The van der Waals surface area contributed by atoms with Gasteiger partial charge < -0.3 is 15.7 Å². The highest BCUT2D eigenvalue weighted by Gasteiger charge is 2.20. The Bertz CT molecular complexity index is 486. The molecule has 0 saturated heterocycles. The Balaban J connectivity index is 2.39. The molecule has 116 valence electrons. The van der Waals surface area contributed by atoms with E-state index in [2.05, 4.69) is 10.6 Å². The average Bonchev–Trinajstić information content (AvgIpc) is 2.39. The van der Waals surface area contributed by atoms with Gasteiger partial charge in [-0.25, -0.2) is 4.79 Å². The second kappa shape index (κ2) is 8.29. The second-order valence-corrected chi connectivity index (χ2v) is 5.58. The third-order valence-corrected chi connectivity index (χ3v) is 3.15. The van der Waals surface area contributed by atoms with Crippen molar-refractivity contribution < 1.29 is 14.7 Å². The summed E-state index contributed by atoms with van der Waals surface area (Å²) >= 11 is 0. The molecule has 0 saturated carbocycles. The molecule has 5 nitrogen and oxygen atoms in total. The Labute approximate surface area is 125 Å². The highest BCUT2D eigenvalue weighted by molar-refractivity contribution is 5.83. The number of carboxylic acid groups (broad SMARTS) is 1. The molecule has 1 unspecified atom stereocenters. The number of rotatable bonds is 8. The van der Waals surface area contributed by atoms with Crippen LogP contribution in [-0.4, -0.2) is 29.6 Å². The van der Waals surface area contributed by atoms with Gasteiger partial charge in [0, 0.05) is 18.7 Å². The lowest BCUT2D eigenvalue weighted by Gasteiger charge is -2.16. The van der Waals surface area contributed by atoms with Crippen molar-refractivity contribution in [1.82, 2.24) is 5.32 Å². The van der Waals surface area contributed by atoms with Crippen LogP contribution in [0.3, 0.4) is 0 Å². The molecule has 0 aliphatic heterocycles.